The Bertz CT molecular complexity index is 1660. The summed E-state index contributed by atoms with van der Waals surface area (Å²) < 4.78 is 16.7. The molecule has 2 aromatic heterocycles. The molecule has 4 aromatic rings. The maximum absolute atomic E-state index is 13.9. The molecule has 0 saturated carbocycles. The number of hydrogen-bond acceptors (Lipinski definition) is 9. The number of nitrogens with one attached hydrogen (secondary N) is 3. The van der Waals surface area contributed by atoms with Crippen molar-refractivity contribution in [2.45, 2.75) is 77.5 Å². The second kappa shape index (κ2) is 20.0. The predicted octanol–water partition coefficient (Wildman–Crippen LogP) is 5.31. The number of rotatable bonds is 17. The summed E-state index contributed by atoms with van der Waals surface area (Å²) >= 11 is 0. The van der Waals surface area contributed by atoms with Crippen LogP contribution in [0.1, 0.15) is 49.6 Å². The van der Waals surface area contributed by atoms with Gasteiger partial charge in [0, 0.05) is 43.5 Å². The number of benzene rings is 2. The van der Waals surface area contributed by atoms with E-state index in [0.717, 1.165) is 16.7 Å². The van der Waals surface area contributed by atoms with E-state index in [1.54, 1.807) is 62.8 Å². The van der Waals surface area contributed by atoms with Crippen LogP contribution in [-0.2, 0) is 49.9 Å². The predicted molar refractivity (Wildman–Crippen MR) is 190 cm³/mol. The highest BCUT2D eigenvalue weighted by molar-refractivity contribution is 5.86. The fourth-order valence-corrected chi connectivity index (χ4v) is 5.46. The maximum Gasteiger partial charge on any atom is 0.408 e. The van der Waals surface area contributed by atoms with Crippen LogP contribution < -0.4 is 16.0 Å². The van der Waals surface area contributed by atoms with Gasteiger partial charge in [-0.2, -0.15) is 0 Å². The number of carbonyl (C=O) groups is 4. The maximum atomic E-state index is 13.9. The van der Waals surface area contributed by atoms with Gasteiger partial charge in [-0.05, 0) is 48.1 Å². The molecule has 0 fully saturated rings. The minimum atomic E-state index is -0.974. The average Bonchev–Trinajstić information content (AvgIpc) is 3.13. The number of ether oxygens (including phenoxy) is 3. The quantitative estimate of drug-likeness (QED) is 0.0983. The first kappa shape index (κ1) is 38.0. The van der Waals surface area contributed by atoms with Gasteiger partial charge < -0.3 is 30.2 Å². The van der Waals surface area contributed by atoms with Gasteiger partial charge in [0.1, 0.15) is 25.4 Å². The van der Waals surface area contributed by atoms with Gasteiger partial charge in [0.25, 0.3) is 0 Å². The van der Waals surface area contributed by atoms with E-state index in [4.69, 9.17) is 14.2 Å². The minimum absolute atomic E-state index is 0.0195. The van der Waals surface area contributed by atoms with E-state index in [9.17, 15) is 19.2 Å². The first-order chi connectivity index (χ1) is 24.7. The number of nitrogens with zero attached hydrogens (tertiary/aromatic N) is 2. The fraction of sp³-hybridized carbons (Fsp3) is 0.333. The molecule has 268 valence electrons. The smallest absolute Gasteiger partial charge is 0.408 e. The Morgan fingerprint density at radius 3 is 1.92 bits per heavy atom. The van der Waals surface area contributed by atoms with Gasteiger partial charge in [-0.1, -0.05) is 86.6 Å². The molecule has 3 amide bonds. The van der Waals surface area contributed by atoms with Gasteiger partial charge in [0.2, 0.25) is 5.91 Å². The molecule has 2 aromatic carbocycles. The Labute approximate surface area is 298 Å². The summed E-state index contributed by atoms with van der Waals surface area (Å²) in [7, 11) is 0. The van der Waals surface area contributed by atoms with Crippen molar-refractivity contribution in [1.29, 1.82) is 0 Å². The van der Waals surface area contributed by atoms with Crippen molar-refractivity contribution in [2.24, 2.45) is 5.92 Å². The lowest BCUT2D eigenvalue weighted by molar-refractivity contribution is -0.149. The van der Waals surface area contributed by atoms with E-state index in [1.165, 1.54) is 6.92 Å². The molecule has 2 heterocycles. The molecule has 0 aliphatic carbocycles. The SMILES string of the molecule is CC(=O)O[C@@H](C[C@H](Cc1ccccc1)NC(=O)OCc1cccnc1)[C@H](Cc1ccccc1)NC(=O)[C@@H](NC(=O)OCc1ccccn1)C(C)C. The molecule has 0 aliphatic rings. The third kappa shape index (κ3) is 13.6. The lowest BCUT2D eigenvalue weighted by atomic mass is 9.92. The first-order valence-corrected chi connectivity index (χ1v) is 16.9. The molecule has 0 radical (unpaired) electrons. The van der Waals surface area contributed by atoms with Gasteiger partial charge in [0.05, 0.1) is 11.7 Å². The largest absolute Gasteiger partial charge is 0.460 e. The summed E-state index contributed by atoms with van der Waals surface area (Å²) in [6.45, 7) is 4.86. The first-order valence-electron chi connectivity index (χ1n) is 16.9. The summed E-state index contributed by atoms with van der Waals surface area (Å²) in [5, 5.41) is 8.67. The molecule has 12 heteroatoms. The number of carbonyl (C=O) groups excluding carboxylic acids is 4. The third-order valence-corrected chi connectivity index (χ3v) is 7.95. The highest BCUT2D eigenvalue weighted by Crippen LogP contribution is 2.18. The van der Waals surface area contributed by atoms with Crippen LogP contribution in [0.15, 0.2) is 110 Å². The summed E-state index contributed by atoms with van der Waals surface area (Å²) in [6, 6.07) is 25.6. The third-order valence-electron chi connectivity index (χ3n) is 7.95. The Morgan fingerprint density at radius 1 is 0.686 bits per heavy atom. The van der Waals surface area contributed by atoms with Crippen molar-refractivity contribution in [3.05, 3.63) is 132 Å². The number of hydrogen-bond donors (Lipinski definition) is 3. The number of aromatic nitrogens is 2. The van der Waals surface area contributed by atoms with Gasteiger partial charge in [-0.3, -0.25) is 19.6 Å². The van der Waals surface area contributed by atoms with E-state index >= 15 is 0 Å². The molecule has 0 spiro atoms. The zero-order chi connectivity index (χ0) is 36.4. The van der Waals surface area contributed by atoms with Crippen molar-refractivity contribution in [3.63, 3.8) is 0 Å². The van der Waals surface area contributed by atoms with Gasteiger partial charge in [-0.25, -0.2) is 9.59 Å². The van der Waals surface area contributed by atoms with Crippen molar-refractivity contribution in [3.8, 4) is 0 Å². The highest BCUT2D eigenvalue weighted by Gasteiger charge is 2.33. The number of pyridine rings is 2. The van der Waals surface area contributed by atoms with Crippen molar-refractivity contribution < 1.29 is 33.4 Å². The van der Waals surface area contributed by atoms with E-state index in [0.29, 0.717) is 18.5 Å². The molecular weight excluding hydrogens is 650 g/mol. The Kier molecular flexibility index (Phi) is 14.9. The van der Waals surface area contributed by atoms with E-state index in [-0.39, 0.29) is 25.6 Å². The van der Waals surface area contributed by atoms with Crippen LogP contribution in [-0.4, -0.2) is 58.3 Å². The molecule has 0 saturated heterocycles. The number of amides is 3. The highest BCUT2D eigenvalue weighted by atomic mass is 16.6. The normalized spacial score (nSPS) is 13.2. The van der Waals surface area contributed by atoms with Crippen LogP contribution in [0.3, 0.4) is 0 Å². The second-order valence-electron chi connectivity index (χ2n) is 12.4. The van der Waals surface area contributed by atoms with Crippen LogP contribution in [0.25, 0.3) is 0 Å². The second-order valence-corrected chi connectivity index (χ2v) is 12.4. The number of esters is 1. The topological polar surface area (TPSA) is 158 Å². The Morgan fingerprint density at radius 2 is 1.31 bits per heavy atom. The zero-order valence-corrected chi connectivity index (χ0v) is 29.1. The van der Waals surface area contributed by atoms with Gasteiger partial charge >= 0.3 is 18.2 Å². The molecular formula is C39H45N5O7. The molecule has 0 bridgehead atoms. The summed E-state index contributed by atoms with van der Waals surface area (Å²) in [6.07, 6.45) is 3.35. The van der Waals surface area contributed by atoms with E-state index in [2.05, 4.69) is 25.9 Å². The van der Waals surface area contributed by atoms with Crippen LogP contribution >= 0.6 is 0 Å². The molecule has 12 nitrogen and oxygen atoms in total. The monoisotopic (exact) mass is 695 g/mol. The van der Waals surface area contributed by atoms with Crippen molar-refractivity contribution >= 4 is 24.1 Å². The van der Waals surface area contributed by atoms with E-state index < -0.39 is 48.3 Å². The fourth-order valence-electron chi connectivity index (χ4n) is 5.46. The zero-order valence-electron chi connectivity index (χ0n) is 29.1. The average molecular weight is 696 g/mol. The van der Waals surface area contributed by atoms with Gasteiger partial charge in [-0.15, -0.1) is 0 Å². The van der Waals surface area contributed by atoms with Crippen molar-refractivity contribution in [2.75, 3.05) is 0 Å². The van der Waals surface area contributed by atoms with Crippen LogP contribution in [0.4, 0.5) is 9.59 Å². The number of alkyl carbamates (subject to hydrolysis) is 2. The van der Waals surface area contributed by atoms with Crippen molar-refractivity contribution in [1.82, 2.24) is 25.9 Å². The standard InChI is InChI=1S/C39H45N5O7/c1-27(2)36(44-39(48)50-26-32-18-10-11-20-41-32)37(46)43-34(22-30-15-8-5-9-16-30)35(51-28(3)45)23-33(21-29-13-6-4-7-14-29)42-38(47)49-25-31-17-12-19-40-24-31/h4-20,24,27,33-36H,21-23,25-26H2,1-3H3,(H,42,47)(H,43,46)(H,44,48)/t33-,34-,35-,36-/m0/s1. The Hall–Kier alpha value is -5.78. The summed E-state index contributed by atoms with van der Waals surface area (Å²) in [5.74, 6) is -1.36. The molecule has 51 heavy (non-hydrogen) atoms. The Balaban J connectivity index is 1.55. The molecule has 0 aliphatic heterocycles. The lowest BCUT2D eigenvalue weighted by Gasteiger charge is -2.32. The van der Waals surface area contributed by atoms with Crippen LogP contribution in [0, 0.1) is 5.92 Å². The molecule has 4 atom stereocenters. The van der Waals surface area contributed by atoms with Crippen LogP contribution in [0.2, 0.25) is 0 Å². The van der Waals surface area contributed by atoms with E-state index in [1.807, 2.05) is 60.7 Å². The van der Waals surface area contributed by atoms with Crippen LogP contribution in [0.5, 0.6) is 0 Å². The molecule has 0 unspecified atom stereocenters. The minimum Gasteiger partial charge on any atom is -0.460 e. The molecule has 4 rings (SSSR count). The summed E-state index contributed by atoms with van der Waals surface area (Å²) in [5.41, 5.74) is 3.11. The van der Waals surface area contributed by atoms with Gasteiger partial charge in [0.15, 0.2) is 0 Å². The molecule has 3 N–H and O–H groups in total. The lowest BCUT2D eigenvalue weighted by Crippen LogP contribution is -2.56. The summed E-state index contributed by atoms with van der Waals surface area (Å²) in [4.78, 5) is 60.6.